The highest BCUT2D eigenvalue weighted by Crippen LogP contribution is 2.28. The SMILES string of the molecule is CN(C)C(=O)[C@H](OC(=O)c1c(Cl)cccc1Cl)c1ccccc1. The van der Waals surface area contributed by atoms with Crippen LogP contribution in [0.1, 0.15) is 22.0 Å². The van der Waals surface area contributed by atoms with E-state index in [1.54, 1.807) is 44.4 Å². The predicted molar refractivity (Wildman–Crippen MR) is 89.8 cm³/mol. The summed E-state index contributed by atoms with van der Waals surface area (Å²) in [4.78, 5) is 26.2. The number of rotatable bonds is 4. The van der Waals surface area contributed by atoms with Crippen molar-refractivity contribution in [2.75, 3.05) is 14.1 Å². The van der Waals surface area contributed by atoms with Crippen molar-refractivity contribution >= 4 is 35.1 Å². The van der Waals surface area contributed by atoms with Gasteiger partial charge in [-0.15, -0.1) is 0 Å². The van der Waals surface area contributed by atoms with Crippen LogP contribution in [0.3, 0.4) is 0 Å². The van der Waals surface area contributed by atoms with Crippen LogP contribution in [0.5, 0.6) is 0 Å². The lowest BCUT2D eigenvalue weighted by Crippen LogP contribution is -2.31. The molecule has 1 amide bonds. The van der Waals surface area contributed by atoms with E-state index in [0.717, 1.165) is 0 Å². The van der Waals surface area contributed by atoms with Gasteiger partial charge in [0.15, 0.2) is 0 Å². The van der Waals surface area contributed by atoms with Crippen LogP contribution in [0.2, 0.25) is 10.0 Å². The second-order valence-electron chi connectivity index (χ2n) is 5.03. The number of likely N-dealkylation sites (N-methyl/N-ethyl adjacent to an activating group) is 1. The molecule has 0 radical (unpaired) electrons. The summed E-state index contributed by atoms with van der Waals surface area (Å²) in [6.45, 7) is 0. The second kappa shape index (κ2) is 7.49. The van der Waals surface area contributed by atoms with Crippen LogP contribution < -0.4 is 0 Å². The Bertz CT molecular complexity index is 697. The molecule has 4 nitrogen and oxygen atoms in total. The lowest BCUT2D eigenvalue weighted by Gasteiger charge is -2.21. The lowest BCUT2D eigenvalue weighted by atomic mass is 10.1. The van der Waals surface area contributed by atoms with Gasteiger partial charge >= 0.3 is 5.97 Å². The number of carbonyl (C=O) groups is 2. The van der Waals surface area contributed by atoms with E-state index in [-0.39, 0.29) is 21.5 Å². The average Bonchev–Trinajstić information content (AvgIpc) is 2.52. The molecule has 0 heterocycles. The third-order valence-corrected chi connectivity index (χ3v) is 3.79. The Hall–Kier alpha value is -2.04. The molecule has 120 valence electrons. The van der Waals surface area contributed by atoms with E-state index < -0.39 is 12.1 Å². The van der Waals surface area contributed by atoms with Crippen molar-refractivity contribution in [2.24, 2.45) is 0 Å². The second-order valence-corrected chi connectivity index (χ2v) is 5.84. The van der Waals surface area contributed by atoms with Crippen molar-refractivity contribution in [1.82, 2.24) is 4.90 Å². The highest BCUT2D eigenvalue weighted by molar-refractivity contribution is 6.39. The maximum absolute atomic E-state index is 12.4. The molecular formula is C17H15Cl2NO3. The van der Waals surface area contributed by atoms with E-state index in [9.17, 15) is 9.59 Å². The molecule has 0 spiro atoms. The summed E-state index contributed by atoms with van der Waals surface area (Å²) >= 11 is 12.0. The molecule has 6 heteroatoms. The average molecular weight is 352 g/mol. The minimum atomic E-state index is -1.06. The Kier molecular flexibility index (Phi) is 5.64. The fourth-order valence-electron chi connectivity index (χ4n) is 1.98. The first-order valence-corrected chi connectivity index (χ1v) is 7.58. The van der Waals surface area contributed by atoms with Gasteiger partial charge in [0.2, 0.25) is 6.10 Å². The molecule has 0 aromatic heterocycles. The highest BCUT2D eigenvalue weighted by atomic mass is 35.5. The fraction of sp³-hybridized carbons (Fsp3) is 0.176. The van der Waals surface area contributed by atoms with Crippen molar-refractivity contribution in [3.05, 3.63) is 69.7 Å². The van der Waals surface area contributed by atoms with Crippen molar-refractivity contribution in [3.8, 4) is 0 Å². The van der Waals surface area contributed by atoms with Crippen LogP contribution in [-0.4, -0.2) is 30.9 Å². The molecule has 1 atom stereocenters. The van der Waals surface area contributed by atoms with Gasteiger partial charge in [-0.25, -0.2) is 4.79 Å². The van der Waals surface area contributed by atoms with Gasteiger partial charge in [-0.3, -0.25) is 4.79 Å². The molecule has 0 aliphatic carbocycles. The van der Waals surface area contributed by atoms with Gasteiger partial charge in [-0.1, -0.05) is 59.6 Å². The van der Waals surface area contributed by atoms with Crippen molar-refractivity contribution < 1.29 is 14.3 Å². The topological polar surface area (TPSA) is 46.6 Å². The Morgan fingerprint density at radius 2 is 1.52 bits per heavy atom. The van der Waals surface area contributed by atoms with Crippen LogP contribution in [-0.2, 0) is 9.53 Å². The summed E-state index contributed by atoms with van der Waals surface area (Å²) in [5.74, 6) is -1.10. The number of nitrogens with zero attached hydrogens (tertiary/aromatic N) is 1. The third kappa shape index (κ3) is 4.03. The van der Waals surface area contributed by atoms with E-state index in [1.165, 1.54) is 17.0 Å². The van der Waals surface area contributed by atoms with Gasteiger partial charge in [-0.05, 0) is 12.1 Å². The lowest BCUT2D eigenvalue weighted by molar-refractivity contribution is -0.138. The maximum atomic E-state index is 12.4. The Morgan fingerprint density at radius 1 is 0.957 bits per heavy atom. The Labute approximate surface area is 144 Å². The minimum Gasteiger partial charge on any atom is -0.444 e. The van der Waals surface area contributed by atoms with Crippen LogP contribution in [0, 0.1) is 0 Å². The molecule has 0 saturated heterocycles. The number of ether oxygens (including phenoxy) is 1. The van der Waals surface area contributed by atoms with Crippen LogP contribution >= 0.6 is 23.2 Å². The van der Waals surface area contributed by atoms with E-state index in [2.05, 4.69) is 0 Å². The monoisotopic (exact) mass is 351 g/mol. The van der Waals surface area contributed by atoms with Crippen LogP contribution in [0.15, 0.2) is 48.5 Å². The molecule has 2 rings (SSSR count). The Morgan fingerprint density at radius 3 is 2.04 bits per heavy atom. The normalized spacial score (nSPS) is 11.7. The van der Waals surface area contributed by atoms with Gasteiger partial charge in [0.25, 0.3) is 5.91 Å². The zero-order valence-corrected chi connectivity index (χ0v) is 14.1. The molecule has 2 aromatic rings. The van der Waals surface area contributed by atoms with E-state index in [1.807, 2.05) is 6.07 Å². The summed E-state index contributed by atoms with van der Waals surface area (Å²) < 4.78 is 5.41. The molecule has 0 fully saturated rings. The first-order valence-electron chi connectivity index (χ1n) is 6.83. The largest absolute Gasteiger partial charge is 0.444 e. The van der Waals surface area contributed by atoms with Crippen LogP contribution in [0.4, 0.5) is 0 Å². The number of benzene rings is 2. The van der Waals surface area contributed by atoms with Gasteiger partial charge in [0.05, 0.1) is 15.6 Å². The summed E-state index contributed by atoms with van der Waals surface area (Å²) in [5.41, 5.74) is 0.617. The molecule has 0 N–H and O–H groups in total. The van der Waals surface area contributed by atoms with Gasteiger partial charge in [0, 0.05) is 19.7 Å². The number of halogens is 2. The standard InChI is InChI=1S/C17H15Cl2NO3/c1-20(2)16(21)15(11-7-4-3-5-8-11)23-17(22)14-12(18)9-6-10-13(14)19/h3-10,15H,1-2H3/t15-/m1/s1. The molecule has 0 bridgehead atoms. The molecule has 2 aromatic carbocycles. The minimum absolute atomic E-state index is 0.0447. The molecule has 0 saturated carbocycles. The molecule has 0 aliphatic rings. The highest BCUT2D eigenvalue weighted by Gasteiger charge is 2.28. The van der Waals surface area contributed by atoms with E-state index >= 15 is 0 Å². The summed E-state index contributed by atoms with van der Waals surface area (Å²) in [6.07, 6.45) is -1.06. The Balaban J connectivity index is 2.35. The van der Waals surface area contributed by atoms with Gasteiger partial charge in [0.1, 0.15) is 0 Å². The number of carbonyl (C=O) groups excluding carboxylic acids is 2. The first-order chi connectivity index (χ1) is 10.9. The van der Waals surface area contributed by atoms with Gasteiger partial charge < -0.3 is 9.64 Å². The predicted octanol–water partition coefficient (Wildman–Crippen LogP) is 3.98. The quantitative estimate of drug-likeness (QED) is 0.782. The molecular weight excluding hydrogens is 337 g/mol. The summed E-state index contributed by atoms with van der Waals surface area (Å²) in [5, 5.41) is 0.346. The first kappa shape index (κ1) is 17.3. The van der Waals surface area contributed by atoms with Crippen molar-refractivity contribution in [3.63, 3.8) is 0 Å². The fourth-order valence-corrected chi connectivity index (χ4v) is 2.53. The number of hydrogen-bond donors (Lipinski definition) is 0. The van der Waals surface area contributed by atoms with E-state index in [0.29, 0.717) is 5.56 Å². The number of amides is 1. The van der Waals surface area contributed by atoms with Crippen LogP contribution in [0.25, 0.3) is 0 Å². The number of esters is 1. The summed E-state index contributed by atoms with van der Waals surface area (Å²) in [6, 6.07) is 13.5. The maximum Gasteiger partial charge on any atom is 0.342 e. The van der Waals surface area contributed by atoms with Gasteiger partial charge in [-0.2, -0.15) is 0 Å². The van der Waals surface area contributed by atoms with Crippen molar-refractivity contribution in [2.45, 2.75) is 6.10 Å². The summed E-state index contributed by atoms with van der Waals surface area (Å²) in [7, 11) is 3.18. The third-order valence-electron chi connectivity index (χ3n) is 3.16. The zero-order chi connectivity index (χ0) is 17.0. The molecule has 0 aliphatic heterocycles. The van der Waals surface area contributed by atoms with Crippen molar-refractivity contribution in [1.29, 1.82) is 0 Å². The zero-order valence-electron chi connectivity index (χ0n) is 12.6. The number of hydrogen-bond acceptors (Lipinski definition) is 3. The van der Waals surface area contributed by atoms with E-state index in [4.69, 9.17) is 27.9 Å². The smallest absolute Gasteiger partial charge is 0.342 e. The molecule has 0 unspecified atom stereocenters. The molecule has 23 heavy (non-hydrogen) atoms.